The molecule has 1 fully saturated rings. The molecule has 1 aliphatic carbocycles. The topological polar surface area (TPSA) is 20.3 Å². The molecule has 1 aliphatic heterocycles. The van der Waals surface area contributed by atoms with Gasteiger partial charge in [-0.25, -0.2) is 0 Å². The van der Waals surface area contributed by atoms with Gasteiger partial charge in [0.2, 0.25) is 5.91 Å². The standard InChI is InChI=1S/C18H14F3NO/c1-22-15-5-3-2-4-13(15)17(16(22)23)10-14(17)11-6-8-12(9-7-11)18(19,20)21/h2-9,14H,10H2,1H3/t14-,17+/m0/s1. The third-order valence-corrected chi connectivity index (χ3v) is 5.03. The van der Waals surface area contributed by atoms with Crippen LogP contribution in [0, 0.1) is 0 Å². The van der Waals surface area contributed by atoms with Crippen LogP contribution < -0.4 is 4.90 Å². The number of benzene rings is 2. The summed E-state index contributed by atoms with van der Waals surface area (Å²) in [7, 11) is 1.75. The van der Waals surface area contributed by atoms with Crippen molar-refractivity contribution in [2.75, 3.05) is 11.9 Å². The van der Waals surface area contributed by atoms with Crippen LogP contribution in [0.5, 0.6) is 0 Å². The van der Waals surface area contributed by atoms with Crippen molar-refractivity contribution in [3.05, 3.63) is 65.2 Å². The van der Waals surface area contributed by atoms with Gasteiger partial charge in [-0.05, 0) is 35.7 Å². The van der Waals surface area contributed by atoms with Gasteiger partial charge >= 0.3 is 6.18 Å². The molecular weight excluding hydrogens is 303 g/mol. The molecule has 118 valence electrons. The Balaban J connectivity index is 1.71. The van der Waals surface area contributed by atoms with E-state index in [-0.39, 0.29) is 11.8 Å². The summed E-state index contributed by atoms with van der Waals surface area (Å²) >= 11 is 0. The number of rotatable bonds is 1. The molecule has 23 heavy (non-hydrogen) atoms. The molecule has 2 aromatic carbocycles. The molecule has 0 saturated heterocycles. The van der Waals surface area contributed by atoms with Crippen LogP contribution in [0.1, 0.15) is 29.0 Å². The summed E-state index contributed by atoms with van der Waals surface area (Å²) in [6, 6.07) is 12.8. The molecule has 1 heterocycles. The lowest BCUT2D eigenvalue weighted by molar-refractivity contribution is -0.137. The molecule has 0 aromatic heterocycles. The van der Waals surface area contributed by atoms with Crippen molar-refractivity contribution in [1.82, 2.24) is 0 Å². The number of para-hydroxylation sites is 1. The van der Waals surface area contributed by atoms with E-state index in [0.717, 1.165) is 28.9 Å². The Labute approximate surface area is 131 Å². The average molecular weight is 317 g/mol. The highest BCUT2D eigenvalue weighted by molar-refractivity contribution is 6.11. The van der Waals surface area contributed by atoms with Crippen LogP contribution in [0.2, 0.25) is 0 Å². The minimum atomic E-state index is -4.34. The average Bonchev–Trinajstić information content (AvgIpc) is 3.25. The SMILES string of the molecule is CN1C(=O)[C@]2(C[C@H]2c2ccc(C(F)(F)F)cc2)c2ccccc21. The largest absolute Gasteiger partial charge is 0.416 e. The predicted octanol–water partition coefficient (Wildman–Crippen LogP) is 4.11. The zero-order valence-electron chi connectivity index (χ0n) is 12.4. The number of halogens is 3. The second kappa shape index (κ2) is 4.37. The Morgan fingerprint density at radius 3 is 2.39 bits per heavy atom. The van der Waals surface area contributed by atoms with E-state index in [1.807, 2.05) is 24.3 Å². The lowest BCUT2D eigenvalue weighted by atomic mass is 9.92. The lowest BCUT2D eigenvalue weighted by Gasteiger charge is -2.12. The Morgan fingerprint density at radius 1 is 1.09 bits per heavy atom. The van der Waals surface area contributed by atoms with E-state index in [1.54, 1.807) is 11.9 Å². The fourth-order valence-corrected chi connectivity index (χ4v) is 3.77. The number of anilines is 1. The first-order valence-electron chi connectivity index (χ1n) is 7.40. The van der Waals surface area contributed by atoms with Crippen molar-refractivity contribution in [2.24, 2.45) is 0 Å². The summed E-state index contributed by atoms with van der Waals surface area (Å²) in [5, 5.41) is 0. The van der Waals surface area contributed by atoms with Crippen molar-refractivity contribution in [1.29, 1.82) is 0 Å². The molecule has 2 aromatic rings. The van der Waals surface area contributed by atoms with Crippen molar-refractivity contribution >= 4 is 11.6 Å². The number of nitrogens with zero attached hydrogens (tertiary/aromatic N) is 1. The molecule has 0 unspecified atom stereocenters. The number of hydrogen-bond acceptors (Lipinski definition) is 1. The van der Waals surface area contributed by atoms with Gasteiger partial charge in [0, 0.05) is 18.7 Å². The van der Waals surface area contributed by atoms with Crippen molar-refractivity contribution in [3.8, 4) is 0 Å². The van der Waals surface area contributed by atoms with Gasteiger partial charge in [0.05, 0.1) is 11.0 Å². The zero-order chi connectivity index (χ0) is 16.4. The highest BCUT2D eigenvalue weighted by Gasteiger charge is 2.66. The first-order valence-corrected chi connectivity index (χ1v) is 7.40. The molecule has 2 aliphatic rings. The number of likely N-dealkylation sites (N-methyl/N-ethyl adjacent to an activating group) is 1. The van der Waals surface area contributed by atoms with Crippen LogP contribution in [0.4, 0.5) is 18.9 Å². The molecule has 0 radical (unpaired) electrons. The monoisotopic (exact) mass is 317 g/mol. The maximum absolute atomic E-state index is 12.7. The van der Waals surface area contributed by atoms with Crippen LogP contribution in [0.15, 0.2) is 48.5 Å². The van der Waals surface area contributed by atoms with E-state index in [2.05, 4.69) is 0 Å². The van der Waals surface area contributed by atoms with Crippen LogP contribution in [-0.2, 0) is 16.4 Å². The van der Waals surface area contributed by atoms with Crippen LogP contribution in [0.3, 0.4) is 0 Å². The molecule has 1 spiro atoms. The molecule has 5 heteroatoms. The predicted molar refractivity (Wildman–Crippen MR) is 80.3 cm³/mol. The summed E-state index contributed by atoms with van der Waals surface area (Å²) in [6.07, 6.45) is -3.69. The van der Waals surface area contributed by atoms with Gasteiger partial charge < -0.3 is 4.90 Å². The Morgan fingerprint density at radius 2 is 1.74 bits per heavy atom. The lowest BCUT2D eigenvalue weighted by Crippen LogP contribution is -2.29. The van der Waals surface area contributed by atoms with Gasteiger partial charge in [0.15, 0.2) is 0 Å². The smallest absolute Gasteiger partial charge is 0.314 e. The summed E-state index contributed by atoms with van der Waals surface area (Å²) in [4.78, 5) is 14.4. The Bertz CT molecular complexity index is 797. The van der Waals surface area contributed by atoms with Gasteiger partial charge in [-0.3, -0.25) is 4.79 Å². The molecule has 2 nitrogen and oxygen atoms in total. The van der Waals surface area contributed by atoms with E-state index < -0.39 is 17.2 Å². The van der Waals surface area contributed by atoms with E-state index >= 15 is 0 Å². The first kappa shape index (κ1) is 14.3. The van der Waals surface area contributed by atoms with Gasteiger partial charge in [-0.2, -0.15) is 13.2 Å². The molecule has 0 bridgehead atoms. The maximum atomic E-state index is 12.7. The molecular formula is C18H14F3NO. The minimum absolute atomic E-state index is 0.0311. The van der Waals surface area contributed by atoms with E-state index in [9.17, 15) is 18.0 Å². The minimum Gasteiger partial charge on any atom is -0.314 e. The molecule has 1 saturated carbocycles. The number of hydrogen-bond donors (Lipinski definition) is 0. The van der Waals surface area contributed by atoms with Crippen molar-refractivity contribution in [2.45, 2.75) is 23.9 Å². The van der Waals surface area contributed by atoms with Crippen molar-refractivity contribution < 1.29 is 18.0 Å². The number of carbonyl (C=O) groups excluding carboxylic acids is 1. The molecule has 0 N–H and O–H groups in total. The highest BCUT2D eigenvalue weighted by atomic mass is 19.4. The molecule has 1 amide bonds. The first-order chi connectivity index (χ1) is 10.9. The summed E-state index contributed by atoms with van der Waals surface area (Å²) in [6.45, 7) is 0. The number of amides is 1. The summed E-state index contributed by atoms with van der Waals surface area (Å²) < 4.78 is 38.0. The van der Waals surface area contributed by atoms with Crippen LogP contribution in [-0.4, -0.2) is 13.0 Å². The normalized spacial score (nSPS) is 25.8. The number of fused-ring (bicyclic) bond motifs is 2. The zero-order valence-corrected chi connectivity index (χ0v) is 12.4. The molecule has 2 atom stereocenters. The van der Waals surface area contributed by atoms with Gasteiger partial charge in [0.1, 0.15) is 0 Å². The second-order valence-electron chi connectivity index (χ2n) is 6.23. The summed E-state index contributed by atoms with van der Waals surface area (Å²) in [5.74, 6) is -0.0213. The fourth-order valence-electron chi connectivity index (χ4n) is 3.77. The van der Waals surface area contributed by atoms with Gasteiger partial charge in [0.25, 0.3) is 0 Å². The fraction of sp³-hybridized carbons (Fsp3) is 0.278. The van der Waals surface area contributed by atoms with Gasteiger partial charge in [-0.15, -0.1) is 0 Å². The Hall–Kier alpha value is -2.30. The third kappa shape index (κ3) is 1.85. The molecule has 4 rings (SSSR count). The van der Waals surface area contributed by atoms with Crippen molar-refractivity contribution in [3.63, 3.8) is 0 Å². The number of alkyl halides is 3. The second-order valence-corrected chi connectivity index (χ2v) is 6.23. The quantitative estimate of drug-likeness (QED) is 0.775. The maximum Gasteiger partial charge on any atom is 0.416 e. The van der Waals surface area contributed by atoms with Gasteiger partial charge in [-0.1, -0.05) is 30.3 Å². The Kier molecular flexibility index (Phi) is 2.72. The number of carbonyl (C=O) groups is 1. The highest BCUT2D eigenvalue weighted by Crippen LogP contribution is 2.66. The van der Waals surface area contributed by atoms with E-state index in [4.69, 9.17) is 0 Å². The van der Waals surface area contributed by atoms with E-state index in [0.29, 0.717) is 6.42 Å². The third-order valence-electron chi connectivity index (χ3n) is 5.03. The summed E-state index contributed by atoms with van der Waals surface area (Å²) in [5.41, 5.74) is 1.41. The van der Waals surface area contributed by atoms with Crippen LogP contribution >= 0.6 is 0 Å². The van der Waals surface area contributed by atoms with E-state index in [1.165, 1.54) is 12.1 Å². The van der Waals surface area contributed by atoms with Crippen LogP contribution in [0.25, 0.3) is 0 Å².